The lowest BCUT2D eigenvalue weighted by Gasteiger charge is -2.19. The Morgan fingerprint density at radius 3 is 3.00 bits per heavy atom. The Hall–Kier alpha value is -0.990. The predicted octanol–water partition coefficient (Wildman–Crippen LogP) is 2.27. The molecule has 0 aromatic rings. The van der Waals surface area contributed by atoms with Crippen LogP contribution in [-0.4, -0.2) is 18.9 Å². The Morgan fingerprint density at radius 1 is 1.53 bits per heavy atom. The third kappa shape index (κ3) is 4.86. The lowest BCUT2D eigenvalue weighted by atomic mass is 10.1. The van der Waals surface area contributed by atoms with E-state index in [9.17, 15) is 0 Å². The summed E-state index contributed by atoms with van der Waals surface area (Å²) in [6.07, 6.45) is 5.59. The molecule has 1 aliphatic rings. The van der Waals surface area contributed by atoms with Crippen molar-refractivity contribution in [3.05, 3.63) is 11.9 Å². The van der Waals surface area contributed by atoms with Gasteiger partial charge in [0.2, 0.25) is 0 Å². The molecule has 0 atom stereocenters. The monoisotopic (exact) mass is 209 g/mol. The molecule has 0 radical (unpaired) electrons. The van der Waals surface area contributed by atoms with Crippen LogP contribution in [-0.2, 0) is 0 Å². The van der Waals surface area contributed by atoms with Crippen molar-refractivity contribution >= 4 is 5.84 Å². The van der Waals surface area contributed by atoms with Crippen LogP contribution >= 0.6 is 0 Å². The highest BCUT2D eigenvalue weighted by Crippen LogP contribution is 2.04. The first-order valence-corrected chi connectivity index (χ1v) is 5.96. The van der Waals surface area contributed by atoms with Crippen molar-refractivity contribution in [3.63, 3.8) is 0 Å². The van der Waals surface area contributed by atoms with Crippen molar-refractivity contribution in [2.75, 3.05) is 13.1 Å². The van der Waals surface area contributed by atoms with E-state index in [1.54, 1.807) is 0 Å². The number of nitrogens with zero attached hydrogens (tertiary/aromatic N) is 1. The third-order valence-electron chi connectivity index (χ3n) is 2.30. The number of hydrogen-bond donors (Lipinski definition) is 2. The fourth-order valence-electron chi connectivity index (χ4n) is 1.51. The van der Waals surface area contributed by atoms with E-state index in [1.807, 2.05) is 0 Å². The van der Waals surface area contributed by atoms with Gasteiger partial charge in [-0.05, 0) is 18.4 Å². The molecule has 15 heavy (non-hydrogen) atoms. The van der Waals surface area contributed by atoms with Crippen LogP contribution < -0.4 is 10.6 Å². The quantitative estimate of drug-likeness (QED) is 0.658. The van der Waals surface area contributed by atoms with Crippen molar-refractivity contribution in [1.82, 2.24) is 10.6 Å². The summed E-state index contributed by atoms with van der Waals surface area (Å²) in [6, 6.07) is 0. The van der Waals surface area contributed by atoms with Gasteiger partial charge in [-0.2, -0.15) is 0 Å². The molecule has 0 aromatic heterocycles. The molecule has 86 valence electrons. The molecule has 1 rings (SSSR count). The molecule has 3 nitrogen and oxygen atoms in total. The fraction of sp³-hybridized carbons (Fsp3) is 0.750. The molecule has 1 heterocycles. The van der Waals surface area contributed by atoms with E-state index < -0.39 is 0 Å². The Kier molecular flexibility index (Phi) is 5.22. The SMILES string of the molecule is CCCCNC1=CCN=C(CC(C)C)N1. The maximum Gasteiger partial charge on any atom is 0.102 e. The average Bonchev–Trinajstić information content (AvgIpc) is 2.18. The second-order valence-electron chi connectivity index (χ2n) is 4.41. The highest BCUT2D eigenvalue weighted by atomic mass is 15.1. The van der Waals surface area contributed by atoms with Gasteiger partial charge in [-0.25, -0.2) is 0 Å². The van der Waals surface area contributed by atoms with Gasteiger partial charge in [0, 0.05) is 13.0 Å². The molecule has 1 aliphatic heterocycles. The zero-order valence-corrected chi connectivity index (χ0v) is 10.1. The topological polar surface area (TPSA) is 36.4 Å². The summed E-state index contributed by atoms with van der Waals surface area (Å²) in [6.45, 7) is 8.49. The first kappa shape index (κ1) is 12.1. The predicted molar refractivity (Wildman–Crippen MR) is 65.9 cm³/mol. The standard InChI is InChI=1S/C12H23N3/c1-4-5-7-13-11-6-8-14-12(15-11)9-10(2)3/h6,10,13H,4-5,7-9H2,1-3H3,(H,14,15). The van der Waals surface area contributed by atoms with E-state index in [1.165, 1.54) is 12.8 Å². The fourth-order valence-corrected chi connectivity index (χ4v) is 1.51. The summed E-state index contributed by atoms with van der Waals surface area (Å²) in [5, 5.41) is 6.74. The maximum atomic E-state index is 4.44. The third-order valence-corrected chi connectivity index (χ3v) is 2.30. The number of unbranched alkanes of at least 4 members (excludes halogenated alkanes) is 1. The van der Waals surface area contributed by atoms with Gasteiger partial charge in [-0.1, -0.05) is 27.2 Å². The number of aliphatic imine (C=N–C) groups is 1. The smallest absolute Gasteiger partial charge is 0.102 e. The number of rotatable bonds is 6. The van der Waals surface area contributed by atoms with Crippen molar-refractivity contribution < 1.29 is 0 Å². The van der Waals surface area contributed by atoms with Crippen LogP contribution in [0.25, 0.3) is 0 Å². The van der Waals surface area contributed by atoms with Crippen LogP contribution in [0, 0.1) is 5.92 Å². The molecule has 0 fully saturated rings. The van der Waals surface area contributed by atoms with Gasteiger partial charge in [0.25, 0.3) is 0 Å². The second kappa shape index (κ2) is 6.49. The van der Waals surface area contributed by atoms with E-state index in [0.717, 1.165) is 31.2 Å². The van der Waals surface area contributed by atoms with E-state index in [4.69, 9.17) is 0 Å². The van der Waals surface area contributed by atoms with Gasteiger partial charge in [0.1, 0.15) is 11.7 Å². The normalized spacial score (nSPS) is 15.7. The Bertz CT molecular complexity index is 241. The Morgan fingerprint density at radius 2 is 2.33 bits per heavy atom. The molecule has 0 bridgehead atoms. The van der Waals surface area contributed by atoms with E-state index >= 15 is 0 Å². The molecule has 0 spiro atoms. The average molecular weight is 209 g/mol. The molecule has 3 heteroatoms. The van der Waals surface area contributed by atoms with Crippen LogP contribution in [0.2, 0.25) is 0 Å². The first-order valence-electron chi connectivity index (χ1n) is 5.96. The molecule has 2 N–H and O–H groups in total. The largest absolute Gasteiger partial charge is 0.372 e. The highest BCUT2D eigenvalue weighted by Gasteiger charge is 2.08. The maximum absolute atomic E-state index is 4.44. The van der Waals surface area contributed by atoms with Gasteiger partial charge >= 0.3 is 0 Å². The van der Waals surface area contributed by atoms with Gasteiger partial charge in [0.05, 0.1) is 6.54 Å². The Balaban J connectivity index is 2.28. The van der Waals surface area contributed by atoms with Crippen LogP contribution in [0.4, 0.5) is 0 Å². The minimum Gasteiger partial charge on any atom is -0.372 e. The first-order chi connectivity index (χ1) is 7.22. The molecule has 0 saturated heterocycles. The van der Waals surface area contributed by atoms with Gasteiger partial charge in [0.15, 0.2) is 0 Å². The van der Waals surface area contributed by atoms with Gasteiger partial charge in [-0.15, -0.1) is 0 Å². The summed E-state index contributed by atoms with van der Waals surface area (Å²) in [4.78, 5) is 4.44. The molecular weight excluding hydrogens is 186 g/mol. The molecule has 0 unspecified atom stereocenters. The van der Waals surface area contributed by atoms with E-state index in [0.29, 0.717) is 5.92 Å². The highest BCUT2D eigenvalue weighted by molar-refractivity contribution is 5.84. The lowest BCUT2D eigenvalue weighted by Crippen LogP contribution is -2.35. The van der Waals surface area contributed by atoms with Crippen molar-refractivity contribution in [1.29, 1.82) is 0 Å². The minimum absolute atomic E-state index is 0.659. The van der Waals surface area contributed by atoms with Crippen molar-refractivity contribution in [3.8, 4) is 0 Å². The van der Waals surface area contributed by atoms with E-state index in [2.05, 4.69) is 42.5 Å². The number of amidine groups is 1. The van der Waals surface area contributed by atoms with Crippen molar-refractivity contribution in [2.24, 2.45) is 10.9 Å². The summed E-state index contributed by atoms with van der Waals surface area (Å²) in [5.74, 6) is 2.91. The minimum atomic E-state index is 0.659. The Labute approximate surface area is 93.1 Å². The molecular formula is C12H23N3. The zero-order valence-electron chi connectivity index (χ0n) is 10.1. The van der Waals surface area contributed by atoms with Crippen molar-refractivity contribution in [2.45, 2.75) is 40.0 Å². The lowest BCUT2D eigenvalue weighted by molar-refractivity contribution is 0.649. The van der Waals surface area contributed by atoms with Crippen LogP contribution in [0.1, 0.15) is 40.0 Å². The summed E-state index contributed by atoms with van der Waals surface area (Å²) < 4.78 is 0. The van der Waals surface area contributed by atoms with Gasteiger partial charge < -0.3 is 10.6 Å². The van der Waals surface area contributed by atoms with Gasteiger partial charge in [-0.3, -0.25) is 4.99 Å². The summed E-state index contributed by atoms with van der Waals surface area (Å²) >= 11 is 0. The van der Waals surface area contributed by atoms with Crippen LogP contribution in [0.5, 0.6) is 0 Å². The molecule has 0 saturated carbocycles. The zero-order chi connectivity index (χ0) is 11.1. The molecule has 0 amide bonds. The van der Waals surface area contributed by atoms with Crippen LogP contribution in [0.3, 0.4) is 0 Å². The number of nitrogens with one attached hydrogen (secondary N) is 2. The van der Waals surface area contributed by atoms with Crippen LogP contribution in [0.15, 0.2) is 16.9 Å². The second-order valence-corrected chi connectivity index (χ2v) is 4.41. The summed E-state index contributed by atoms with van der Waals surface area (Å²) in [5.41, 5.74) is 0. The van der Waals surface area contributed by atoms with E-state index in [-0.39, 0.29) is 0 Å². The molecule has 0 aliphatic carbocycles. The summed E-state index contributed by atoms with van der Waals surface area (Å²) in [7, 11) is 0. The number of hydrogen-bond acceptors (Lipinski definition) is 3. The molecule has 0 aromatic carbocycles.